The molecule has 0 radical (unpaired) electrons. The Hall–Kier alpha value is -2.38. The Morgan fingerprint density at radius 2 is 1.76 bits per heavy atom. The molecule has 0 saturated carbocycles. The maximum absolute atomic E-state index is 11.2. The molecule has 2 rings (SSSR count). The molecule has 0 aromatic heterocycles. The van der Waals surface area contributed by atoms with Crippen LogP contribution >= 0.6 is 0 Å². The molecule has 2 aromatic rings. The Morgan fingerprint density at radius 1 is 1.10 bits per heavy atom. The van der Waals surface area contributed by atoms with Crippen molar-refractivity contribution in [2.45, 2.75) is 4.90 Å². The van der Waals surface area contributed by atoms with E-state index in [0.29, 0.717) is 5.69 Å². The van der Waals surface area contributed by atoms with Crippen molar-refractivity contribution >= 4 is 21.8 Å². The predicted molar refractivity (Wildman–Crippen MR) is 79.3 cm³/mol. The van der Waals surface area contributed by atoms with E-state index in [-0.39, 0.29) is 4.90 Å². The highest BCUT2D eigenvalue weighted by molar-refractivity contribution is 7.89. The number of methoxy groups -OCH3 is 1. The molecule has 21 heavy (non-hydrogen) atoms. The lowest BCUT2D eigenvalue weighted by atomic mass is 10.1. The normalized spacial score (nSPS) is 11.0. The number of nitrogens with one attached hydrogen (secondary N) is 1. The van der Waals surface area contributed by atoms with E-state index in [1.807, 2.05) is 6.07 Å². The number of carbonyl (C=O) groups excluding carboxylic acids is 1. The fourth-order valence-electron chi connectivity index (χ4n) is 1.78. The molecule has 0 unspecified atom stereocenters. The van der Waals surface area contributed by atoms with Gasteiger partial charge in [-0.2, -0.15) is 0 Å². The molecule has 0 aliphatic rings. The summed E-state index contributed by atoms with van der Waals surface area (Å²) in [6.07, 6.45) is -0.559. The number of sulfonamides is 1. The highest BCUT2D eigenvalue weighted by Crippen LogP contribution is 2.23. The summed E-state index contributed by atoms with van der Waals surface area (Å²) in [7, 11) is -2.42. The minimum Gasteiger partial charge on any atom is -0.453 e. The SMILES string of the molecule is COC(=O)Nc1cccc(-c2ccc(S(N)(=O)=O)cc2)c1. The minimum absolute atomic E-state index is 0.0510. The van der Waals surface area contributed by atoms with Crippen LogP contribution in [-0.4, -0.2) is 21.6 Å². The lowest BCUT2D eigenvalue weighted by molar-refractivity contribution is 0.187. The van der Waals surface area contributed by atoms with Gasteiger partial charge in [-0.15, -0.1) is 0 Å². The Kier molecular flexibility index (Phi) is 4.25. The van der Waals surface area contributed by atoms with Gasteiger partial charge in [0.05, 0.1) is 12.0 Å². The Balaban J connectivity index is 2.30. The Bertz CT molecular complexity index is 755. The summed E-state index contributed by atoms with van der Waals surface area (Å²) < 4.78 is 26.9. The number of hydrogen-bond donors (Lipinski definition) is 2. The Morgan fingerprint density at radius 3 is 2.33 bits per heavy atom. The third kappa shape index (κ3) is 3.80. The predicted octanol–water partition coefficient (Wildman–Crippen LogP) is 2.18. The summed E-state index contributed by atoms with van der Waals surface area (Å²) >= 11 is 0. The second-order valence-electron chi connectivity index (χ2n) is 4.27. The van der Waals surface area contributed by atoms with Gasteiger partial charge in [0.25, 0.3) is 0 Å². The lowest BCUT2D eigenvalue weighted by Crippen LogP contribution is -2.11. The zero-order chi connectivity index (χ0) is 15.5. The van der Waals surface area contributed by atoms with E-state index >= 15 is 0 Å². The first-order valence-corrected chi connectivity index (χ1v) is 7.53. The van der Waals surface area contributed by atoms with Gasteiger partial charge in [-0.1, -0.05) is 24.3 Å². The second-order valence-corrected chi connectivity index (χ2v) is 5.83. The third-order valence-electron chi connectivity index (χ3n) is 2.81. The fraction of sp³-hybridized carbons (Fsp3) is 0.0714. The Labute approximate surface area is 122 Å². The van der Waals surface area contributed by atoms with Gasteiger partial charge in [0.2, 0.25) is 10.0 Å². The number of hydrogen-bond acceptors (Lipinski definition) is 4. The van der Waals surface area contributed by atoms with Gasteiger partial charge in [-0.25, -0.2) is 18.4 Å². The molecule has 110 valence electrons. The lowest BCUT2D eigenvalue weighted by Gasteiger charge is -2.07. The summed E-state index contributed by atoms with van der Waals surface area (Å²) in [4.78, 5) is 11.2. The molecule has 2 aromatic carbocycles. The molecular weight excluding hydrogens is 292 g/mol. The number of nitrogens with two attached hydrogens (primary N) is 1. The van der Waals surface area contributed by atoms with Crippen LogP contribution in [0.2, 0.25) is 0 Å². The molecule has 0 bridgehead atoms. The van der Waals surface area contributed by atoms with E-state index in [0.717, 1.165) is 11.1 Å². The van der Waals surface area contributed by atoms with Crippen LogP contribution in [0.5, 0.6) is 0 Å². The van der Waals surface area contributed by atoms with Crippen LogP contribution in [0, 0.1) is 0 Å². The topological polar surface area (TPSA) is 98.5 Å². The first-order chi connectivity index (χ1) is 9.90. The van der Waals surface area contributed by atoms with E-state index in [1.54, 1.807) is 30.3 Å². The number of ether oxygens (including phenoxy) is 1. The van der Waals surface area contributed by atoms with Gasteiger partial charge in [0.1, 0.15) is 0 Å². The van der Waals surface area contributed by atoms with Crippen molar-refractivity contribution in [1.29, 1.82) is 0 Å². The van der Waals surface area contributed by atoms with Crippen molar-refractivity contribution in [3.63, 3.8) is 0 Å². The molecule has 0 aliphatic carbocycles. The van der Waals surface area contributed by atoms with Crippen LogP contribution in [0.15, 0.2) is 53.4 Å². The zero-order valence-corrected chi connectivity index (χ0v) is 12.1. The minimum atomic E-state index is -3.70. The van der Waals surface area contributed by atoms with Crippen LogP contribution in [0.4, 0.5) is 10.5 Å². The quantitative estimate of drug-likeness (QED) is 0.908. The maximum atomic E-state index is 11.2. The van der Waals surface area contributed by atoms with Gasteiger partial charge in [-0.3, -0.25) is 5.32 Å². The summed E-state index contributed by atoms with van der Waals surface area (Å²) in [5, 5.41) is 7.61. The number of primary sulfonamides is 1. The van der Waals surface area contributed by atoms with Gasteiger partial charge >= 0.3 is 6.09 Å². The van der Waals surface area contributed by atoms with E-state index in [9.17, 15) is 13.2 Å². The molecule has 6 nitrogen and oxygen atoms in total. The van der Waals surface area contributed by atoms with Crippen LogP contribution in [0.25, 0.3) is 11.1 Å². The highest BCUT2D eigenvalue weighted by atomic mass is 32.2. The van der Waals surface area contributed by atoms with E-state index in [4.69, 9.17) is 5.14 Å². The van der Waals surface area contributed by atoms with Crippen molar-refractivity contribution in [1.82, 2.24) is 0 Å². The third-order valence-corrected chi connectivity index (χ3v) is 3.74. The zero-order valence-electron chi connectivity index (χ0n) is 11.2. The largest absolute Gasteiger partial charge is 0.453 e. The summed E-state index contributed by atoms with van der Waals surface area (Å²) in [6.45, 7) is 0. The molecule has 3 N–H and O–H groups in total. The standard InChI is InChI=1S/C14H14N2O4S/c1-20-14(17)16-12-4-2-3-11(9-12)10-5-7-13(8-6-10)21(15,18)19/h2-9H,1H3,(H,16,17)(H2,15,18,19). The number of carbonyl (C=O) groups is 1. The van der Waals surface area contributed by atoms with Gasteiger partial charge in [0, 0.05) is 5.69 Å². The highest BCUT2D eigenvalue weighted by Gasteiger charge is 2.08. The van der Waals surface area contributed by atoms with Gasteiger partial charge in [0.15, 0.2) is 0 Å². The number of benzene rings is 2. The fourth-order valence-corrected chi connectivity index (χ4v) is 2.30. The molecule has 0 fully saturated rings. The van der Waals surface area contributed by atoms with Crippen molar-refractivity contribution in [2.24, 2.45) is 5.14 Å². The van der Waals surface area contributed by atoms with Gasteiger partial charge in [-0.05, 0) is 35.4 Å². The van der Waals surface area contributed by atoms with Crippen molar-refractivity contribution in [2.75, 3.05) is 12.4 Å². The van der Waals surface area contributed by atoms with Crippen molar-refractivity contribution in [3.8, 4) is 11.1 Å². The molecule has 0 aliphatic heterocycles. The van der Waals surface area contributed by atoms with Crippen LogP contribution in [-0.2, 0) is 14.8 Å². The summed E-state index contributed by atoms with van der Waals surface area (Å²) in [5.41, 5.74) is 2.20. The molecule has 7 heteroatoms. The smallest absolute Gasteiger partial charge is 0.411 e. The second kappa shape index (κ2) is 5.94. The van der Waals surface area contributed by atoms with E-state index in [1.165, 1.54) is 19.2 Å². The van der Waals surface area contributed by atoms with Gasteiger partial charge < -0.3 is 4.74 Å². The van der Waals surface area contributed by atoms with Crippen molar-refractivity contribution in [3.05, 3.63) is 48.5 Å². The average molecular weight is 306 g/mol. The van der Waals surface area contributed by atoms with E-state index < -0.39 is 16.1 Å². The maximum Gasteiger partial charge on any atom is 0.411 e. The molecule has 0 spiro atoms. The average Bonchev–Trinajstić information content (AvgIpc) is 2.46. The molecule has 0 saturated heterocycles. The summed E-state index contributed by atoms with van der Waals surface area (Å²) in [5.74, 6) is 0. The van der Waals surface area contributed by atoms with Crippen LogP contribution < -0.4 is 10.5 Å². The van der Waals surface area contributed by atoms with Crippen molar-refractivity contribution < 1.29 is 17.9 Å². The van der Waals surface area contributed by atoms with Crippen LogP contribution in [0.3, 0.4) is 0 Å². The first kappa shape index (κ1) is 15.0. The molecule has 0 atom stereocenters. The number of anilines is 1. The number of rotatable bonds is 3. The number of amides is 1. The molecule has 0 heterocycles. The summed E-state index contributed by atoms with van der Waals surface area (Å²) in [6, 6.07) is 13.3. The molecular formula is C14H14N2O4S. The monoisotopic (exact) mass is 306 g/mol. The molecule has 1 amide bonds. The van der Waals surface area contributed by atoms with Crippen LogP contribution in [0.1, 0.15) is 0 Å². The van der Waals surface area contributed by atoms with E-state index in [2.05, 4.69) is 10.1 Å². The first-order valence-electron chi connectivity index (χ1n) is 5.98.